The van der Waals surface area contributed by atoms with E-state index < -0.39 is 0 Å². The van der Waals surface area contributed by atoms with Gasteiger partial charge in [-0.25, -0.2) is 4.79 Å². The van der Waals surface area contributed by atoms with E-state index in [1.807, 2.05) is 4.90 Å². The molecule has 2 N–H and O–H groups in total. The summed E-state index contributed by atoms with van der Waals surface area (Å²) in [5.41, 5.74) is 0. The summed E-state index contributed by atoms with van der Waals surface area (Å²) in [6.45, 7) is 5.09. The van der Waals surface area contributed by atoms with E-state index in [4.69, 9.17) is 5.11 Å². The Kier molecular flexibility index (Phi) is 7.16. The van der Waals surface area contributed by atoms with Crippen LogP contribution in [0.15, 0.2) is 0 Å². The van der Waals surface area contributed by atoms with Gasteiger partial charge in [-0.15, -0.1) is 0 Å². The van der Waals surface area contributed by atoms with E-state index in [1.54, 1.807) is 19.0 Å². The number of carbonyl (C=O) groups excluding carboxylic acids is 1. The van der Waals surface area contributed by atoms with Crippen molar-refractivity contribution in [1.29, 1.82) is 0 Å². The largest absolute Gasteiger partial charge is 0.396 e. The second kappa shape index (κ2) is 8.38. The van der Waals surface area contributed by atoms with Crippen LogP contribution in [0.1, 0.15) is 32.6 Å². The van der Waals surface area contributed by atoms with Crippen LogP contribution in [0.25, 0.3) is 0 Å². The number of piperidine rings is 1. The van der Waals surface area contributed by atoms with Crippen LogP contribution in [0.5, 0.6) is 0 Å². The van der Waals surface area contributed by atoms with Gasteiger partial charge in [-0.1, -0.05) is 13.3 Å². The monoisotopic (exact) mass is 271 g/mol. The molecule has 0 saturated carbocycles. The zero-order valence-corrected chi connectivity index (χ0v) is 12.6. The van der Waals surface area contributed by atoms with Gasteiger partial charge in [0.25, 0.3) is 0 Å². The lowest BCUT2D eigenvalue weighted by Crippen LogP contribution is -2.48. The molecular formula is C14H29N3O2. The first kappa shape index (κ1) is 16.2. The molecule has 2 amide bonds. The smallest absolute Gasteiger partial charge is 0.319 e. The van der Waals surface area contributed by atoms with Gasteiger partial charge in [-0.05, 0) is 31.7 Å². The summed E-state index contributed by atoms with van der Waals surface area (Å²) in [5, 5.41) is 12.6. The number of carbonyl (C=O) groups is 1. The van der Waals surface area contributed by atoms with E-state index in [2.05, 4.69) is 12.2 Å². The summed E-state index contributed by atoms with van der Waals surface area (Å²) in [4.78, 5) is 15.4. The first-order valence-electron chi connectivity index (χ1n) is 7.39. The fraction of sp³-hybridized carbons (Fsp3) is 0.929. The van der Waals surface area contributed by atoms with Crippen molar-refractivity contribution in [2.45, 2.75) is 38.6 Å². The highest BCUT2D eigenvalue weighted by molar-refractivity contribution is 5.73. The number of amides is 2. The van der Waals surface area contributed by atoms with Crippen molar-refractivity contribution in [3.8, 4) is 0 Å². The zero-order valence-electron chi connectivity index (χ0n) is 12.6. The highest BCUT2D eigenvalue weighted by Gasteiger charge is 2.23. The molecule has 1 aliphatic heterocycles. The van der Waals surface area contributed by atoms with Gasteiger partial charge in [-0.2, -0.15) is 0 Å². The normalized spacial score (nSPS) is 18.4. The van der Waals surface area contributed by atoms with E-state index >= 15 is 0 Å². The molecule has 0 aromatic carbocycles. The molecule has 0 aromatic rings. The minimum absolute atomic E-state index is 0.116. The molecule has 0 aromatic heterocycles. The van der Waals surface area contributed by atoms with E-state index in [1.165, 1.54) is 0 Å². The third kappa shape index (κ3) is 5.37. The highest BCUT2D eigenvalue weighted by Crippen LogP contribution is 2.13. The van der Waals surface area contributed by atoms with E-state index in [-0.39, 0.29) is 12.6 Å². The molecule has 0 bridgehead atoms. The van der Waals surface area contributed by atoms with Crippen molar-refractivity contribution in [1.82, 2.24) is 15.1 Å². The molecule has 5 heteroatoms. The van der Waals surface area contributed by atoms with Gasteiger partial charge in [-0.3, -0.25) is 0 Å². The molecule has 1 heterocycles. The molecule has 112 valence electrons. The lowest BCUT2D eigenvalue weighted by molar-refractivity contribution is 0.151. The summed E-state index contributed by atoms with van der Waals surface area (Å²) in [6.07, 6.45) is 4.03. The predicted molar refractivity (Wildman–Crippen MR) is 77.2 cm³/mol. The number of aliphatic hydroxyl groups excluding tert-OH is 1. The van der Waals surface area contributed by atoms with Crippen molar-refractivity contribution in [3.63, 3.8) is 0 Å². The van der Waals surface area contributed by atoms with Crippen molar-refractivity contribution in [3.05, 3.63) is 0 Å². The molecule has 1 rings (SSSR count). The van der Waals surface area contributed by atoms with Crippen molar-refractivity contribution in [2.24, 2.45) is 5.92 Å². The summed E-state index contributed by atoms with van der Waals surface area (Å²) < 4.78 is 0. The number of hydrogen-bond donors (Lipinski definition) is 2. The summed E-state index contributed by atoms with van der Waals surface area (Å²) in [5.74, 6) is 0.562. The number of nitrogens with one attached hydrogen (secondary N) is 1. The Labute approximate surface area is 117 Å². The molecule has 1 fully saturated rings. The molecule has 0 spiro atoms. The van der Waals surface area contributed by atoms with Gasteiger partial charge in [0.05, 0.1) is 0 Å². The van der Waals surface area contributed by atoms with Gasteiger partial charge >= 0.3 is 6.03 Å². The highest BCUT2D eigenvalue weighted by atomic mass is 16.3. The molecule has 5 nitrogen and oxygen atoms in total. The van der Waals surface area contributed by atoms with Crippen LogP contribution in [0.2, 0.25) is 0 Å². The molecule has 1 atom stereocenters. The van der Waals surface area contributed by atoms with Gasteiger partial charge in [0, 0.05) is 39.8 Å². The van der Waals surface area contributed by atoms with Crippen LogP contribution in [-0.4, -0.2) is 67.3 Å². The number of urea groups is 1. The predicted octanol–water partition coefficient (Wildman–Crippen LogP) is 1.13. The summed E-state index contributed by atoms with van der Waals surface area (Å²) in [6, 6.07) is 0.629. The molecule has 0 radical (unpaired) electrons. The topological polar surface area (TPSA) is 55.8 Å². The average Bonchev–Trinajstić information content (AvgIpc) is 2.43. The molecule has 1 aliphatic rings. The van der Waals surface area contributed by atoms with Crippen LogP contribution in [0.3, 0.4) is 0 Å². The second-order valence-corrected chi connectivity index (χ2v) is 5.63. The quantitative estimate of drug-likeness (QED) is 0.761. The molecule has 1 unspecified atom stereocenters. The maximum absolute atomic E-state index is 11.8. The van der Waals surface area contributed by atoms with Crippen LogP contribution < -0.4 is 5.32 Å². The zero-order chi connectivity index (χ0) is 14.3. The fourth-order valence-corrected chi connectivity index (χ4v) is 2.52. The third-order valence-electron chi connectivity index (χ3n) is 3.96. The van der Waals surface area contributed by atoms with Gasteiger partial charge in [0.1, 0.15) is 0 Å². The molecule has 19 heavy (non-hydrogen) atoms. The standard InChI is InChI=1S/C14H29N3O2/c1-4-12(7-10-18)11-15-13-5-8-17(9-6-13)14(19)16(2)3/h12-13,15,18H,4-11H2,1-3H3. The van der Waals surface area contributed by atoms with E-state index in [9.17, 15) is 4.79 Å². The second-order valence-electron chi connectivity index (χ2n) is 5.63. The van der Waals surface area contributed by atoms with E-state index in [0.717, 1.165) is 45.3 Å². The first-order valence-corrected chi connectivity index (χ1v) is 7.39. The Bertz CT molecular complexity index is 263. The van der Waals surface area contributed by atoms with Gasteiger partial charge in [0.2, 0.25) is 0 Å². The van der Waals surface area contributed by atoms with E-state index in [0.29, 0.717) is 12.0 Å². The number of rotatable bonds is 6. The molecule has 1 saturated heterocycles. The fourth-order valence-electron chi connectivity index (χ4n) is 2.52. The number of aliphatic hydroxyl groups is 1. The number of likely N-dealkylation sites (tertiary alicyclic amines) is 1. The summed E-state index contributed by atoms with van der Waals surface area (Å²) >= 11 is 0. The Balaban J connectivity index is 2.24. The molecule has 0 aliphatic carbocycles. The van der Waals surface area contributed by atoms with Crippen molar-refractivity contribution in [2.75, 3.05) is 40.3 Å². The summed E-state index contributed by atoms with van der Waals surface area (Å²) in [7, 11) is 3.60. The van der Waals surface area contributed by atoms with Crippen LogP contribution in [-0.2, 0) is 0 Å². The maximum Gasteiger partial charge on any atom is 0.319 e. The Hall–Kier alpha value is -0.810. The van der Waals surface area contributed by atoms with Crippen molar-refractivity contribution < 1.29 is 9.90 Å². The van der Waals surface area contributed by atoms with Crippen LogP contribution >= 0.6 is 0 Å². The Morgan fingerprint density at radius 1 is 1.42 bits per heavy atom. The van der Waals surface area contributed by atoms with Gasteiger partial charge in [0.15, 0.2) is 0 Å². The van der Waals surface area contributed by atoms with Crippen LogP contribution in [0.4, 0.5) is 4.79 Å². The molecular weight excluding hydrogens is 242 g/mol. The average molecular weight is 271 g/mol. The minimum atomic E-state index is 0.116. The lowest BCUT2D eigenvalue weighted by atomic mass is 10.0. The van der Waals surface area contributed by atoms with Gasteiger partial charge < -0.3 is 20.2 Å². The Morgan fingerprint density at radius 3 is 2.53 bits per heavy atom. The lowest BCUT2D eigenvalue weighted by Gasteiger charge is -2.34. The third-order valence-corrected chi connectivity index (χ3v) is 3.96. The maximum atomic E-state index is 11.8. The Morgan fingerprint density at radius 2 is 2.05 bits per heavy atom. The SMILES string of the molecule is CCC(CCO)CNC1CCN(C(=O)N(C)C)CC1. The minimum Gasteiger partial charge on any atom is -0.396 e. The number of hydrogen-bond acceptors (Lipinski definition) is 3. The number of nitrogens with zero attached hydrogens (tertiary/aromatic N) is 2. The van der Waals surface area contributed by atoms with Crippen molar-refractivity contribution >= 4 is 6.03 Å². The van der Waals surface area contributed by atoms with Crippen LogP contribution in [0, 0.1) is 5.92 Å². The first-order chi connectivity index (χ1) is 9.08.